The molecule has 7 nitrogen and oxygen atoms in total. The molecule has 1 aromatic rings. The molecule has 1 saturated heterocycles. The first-order valence-electron chi connectivity index (χ1n) is 9.02. The van der Waals surface area contributed by atoms with Gasteiger partial charge in [0.05, 0.1) is 11.5 Å². The van der Waals surface area contributed by atoms with E-state index < -0.39 is 9.84 Å². The molecule has 8 heteroatoms. The molecule has 26 heavy (non-hydrogen) atoms. The molecule has 0 radical (unpaired) electrons. The zero-order valence-electron chi connectivity index (χ0n) is 15.6. The molecule has 2 heterocycles. The Hall–Kier alpha value is -1.96. The van der Waals surface area contributed by atoms with Crippen LogP contribution >= 0.6 is 0 Å². The Labute approximate surface area is 155 Å². The maximum atomic E-state index is 12.7. The minimum Gasteiger partial charge on any atom is -0.339 e. The fourth-order valence-electron chi connectivity index (χ4n) is 3.15. The lowest BCUT2D eigenvalue weighted by Crippen LogP contribution is -2.38. The van der Waals surface area contributed by atoms with Crippen LogP contribution in [0.25, 0.3) is 0 Å². The zero-order chi connectivity index (χ0) is 19.3. The van der Waals surface area contributed by atoms with Crippen LogP contribution in [0.1, 0.15) is 54.0 Å². The van der Waals surface area contributed by atoms with Crippen molar-refractivity contribution in [3.63, 3.8) is 0 Å². The number of aromatic nitrogens is 1. The number of sulfone groups is 1. The first-order chi connectivity index (χ1) is 12.3. The molecule has 1 aromatic heterocycles. The minimum atomic E-state index is -3.08. The molecule has 0 spiro atoms. The largest absolute Gasteiger partial charge is 0.339 e. The molecular weight excluding hydrogens is 354 g/mol. The van der Waals surface area contributed by atoms with Crippen LogP contribution in [0.3, 0.4) is 0 Å². The highest BCUT2D eigenvalue weighted by molar-refractivity contribution is 7.91. The van der Waals surface area contributed by atoms with Crippen molar-refractivity contribution in [1.82, 2.24) is 14.8 Å². The number of rotatable bonds is 7. The van der Waals surface area contributed by atoms with Crippen LogP contribution in [0.4, 0.5) is 0 Å². The molecule has 1 aliphatic heterocycles. The molecule has 2 rings (SSSR count). The Morgan fingerprint density at radius 2 is 1.85 bits per heavy atom. The quantitative estimate of drug-likeness (QED) is 0.716. The van der Waals surface area contributed by atoms with Gasteiger partial charge in [0, 0.05) is 37.9 Å². The Bertz CT molecular complexity index is 757. The van der Waals surface area contributed by atoms with Gasteiger partial charge in [0.15, 0.2) is 9.84 Å². The number of carbonyl (C=O) groups is 2. The molecule has 1 unspecified atom stereocenters. The van der Waals surface area contributed by atoms with Gasteiger partial charge in [-0.3, -0.25) is 14.6 Å². The standard InChI is InChI=1S/C18H27N3O4S/c1-4-9-21(10-5-2)17(22)14-6-8-19-16(12-14)18(23)20(3)15-7-11-26(24,25)13-15/h6,8,12,15H,4-5,7,9-11,13H2,1-3H3. The molecule has 0 aliphatic carbocycles. The third-order valence-corrected chi connectivity index (χ3v) is 6.33. The average Bonchev–Trinajstić information content (AvgIpc) is 2.99. The van der Waals surface area contributed by atoms with Gasteiger partial charge in [-0.25, -0.2) is 8.42 Å². The average molecular weight is 381 g/mol. The first kappa shape index (κ1) is 20.4. The van der Waals surface area contributed by atoms with E-state index >= 15 is 0 Å². The minimum absolute atomic E-state index is 0.0192. The fourth-order valence-corrected chi connectivity index (χ4v) is 4.92. The van der Waals surface area contributed by atoms with E-state index in [0.29, 0.717) is 25.1 Å². The van der Waals surface area contributed by atoms with Crippen molar-refractivity contribution in [2.45, 2.75) is 39.2 Å². The van der Waals surface area contributed by atoms with E-state index in [2.05, 4.69) is 4.98 Å². The summed E-state index contributed by atoms with van der Waals surface area (Å²) in [5, 5.41) is 0. The van der Waals surface area contributed by atoms with E-state index in [1.807, 2.05) is 13.8 Å². The summed E-state index contributed by atoms with van der Waals surface area (Å²) in [6.07, 6.45) is 3.61. The highest BCUT2D eigenvalue weighted by Gasteiger charge is 2.33. The van der Waals surface area contributed by atoms with Crippen molar-refractivity contribution >= 4 is 21.7 Å². The van der Waals surface area contributed by atoms with E-state index in [1.165, 1.54) is 17.2 Å². The number of pyridine rings is 1. The molecule has 144 valence electrons. The molecule has 2 amide bonds. The SMILES string of the molecule is CCCN(CCC)C(=O)c1ccnc(C(=O)N(C)C2CCS(=O)(=O)C2)c1. The van der Waals surface area contributed by atoms with Gasteiger partial charge in [-0.2, -0.15) is 0 Å². The van der Waals surface area contributed by atoms with Gasteiger partial charge in [-0.05, 0) is 31.4 Å². The summed E-state index contributed by atoms with van der Waals surface area (Å²) in [5.41, 5.74) is 0.591. The molecular formula is C18H27N3O4S. The topological polar surface area (TPSA) is 87.7 Å². The summed E-state index contributed by atoms with van der Waals surface area (Å²) in [5.74, 6) is -0.394. The van der Waals surface area contributed by atoms with Crippen LogP contribution in [0.5, 0.6) is 0 Å². The molecule has 0 aromatic carbocycles. The summed E-state index contributed by atoms with van der Waals surface area (Å²) in [6.45, 7) is 5.36. The third-order valence-electron chi connectivity index (χ3n) is 4.58. The number of carbonyl (C=O) groups excluding carboxylic acids is 2. The Morgan fingerprint density at radius 3 is 2.38 bits per heavy atom. The highest BCUT2D eigenvalue weighted by atomic mass is 32.2. The highest BCUT2D eigenvalue weighted by Crippen LogP contribution is 2.18. The van der Waals surface area contributed by atoms with Crippen molar-refractivity contribution in [2.24, 2.45) is 0 Å². The van der Waals surface area contributed by atoms with E-state index in [-0.39, 0.29) is 35.1 Å². The number of amides is 2. The van der Waals surface area contributed by atoms with Gasteiger partial charge in [-0.15, -0.1) is 0 Å². The molecule has 1 aliphatic rings. The Morgan fingerprint density at radius 1 is 1.19 bits per heavy atom. The lowest BCUT2D eigenvalue weighted by molar-refractivity contribution is 0.0741. The Balaban J connectivity index is 2.17. The van der Waals surface area contributed by atoms with Crippen LogP contribution in [-0.2, 0) is 9.84 Å². The van der Waals surface area contributed by atoms with Crippen molar-refractivity contribution in [3.05, 3.63) is 29.6 Å². The summed E-state index contributed by atoms with van der Waals surface area (Å²) in [6, 6.07) is 2.77. The molecule has 0 saturated carbocycles. The predicted octanol–water partition coefficient (Wildman–Crippen LogP) is 1.60. The summed E-state index contributed by atoms with van der Waals surface area (Å²) >= 11 is 0. The number of hydrogen-bond donors (Lipinski definition) is 0. The van der Waals surface area contributed by atoms with E-state index in [1.54, 1.807) is 18.0 Å². The molecule has 1 atom stereocenters. The lowest BCUT2D eigenvalue weighted by Gasteiger charge is -2.24. The van der Waals surface area contributed by atoms with E-state index in [4.69, 9.17) is 0 Å². The Kier molecular flexibility index (Phi) is 6.75. The number of nitrogens with zero attached hydrogens (tertiary/aromatic N) is 3. The van der Waals surface area contributed by atoms with E-state index in [9.17, 15) is 18.0 Å². The third kappa shape index (κ3) is 4.81. The smallest absolute Gasteiger partial charge is 0.272 e. The van der Waals surface area contributed by atoms with Gasteiger partial charge in [0.1, 0.15) is 5.69 Å². The summed E-state index contributed by atoms with van der Waals surface area (Å²) < 4.78 is 23.3. The fraction of sp³-hybridized carbons (Fsp3) is 0.611. The van der Waals surface area contributed by atoms with Crippen molar-refractivity contribution in [1.29, 1.82) is 0 Å². The normalized spacial score (nSPS) is 18.5. The second kappa shape index (κ2) is 8.62. The van der Waals surface area contributed by atoms with Gasteiger partial charge in [-0.1, -0.05) is 13.8 Å². The summed E-state index contributed by atoms with van der Waals surface area (Å²) in [7, 11) is -1.49. The van der Waals surface area contributed by atoms with Gasteiger partial charge in [0.25, 0.3) is 11.8 Å². The van der Waals surface area contributed by atoms with Crippen molar-refractivity contribution in [2.75, 3.05) is 31.6 Å². The monoisotopic (exact) mass is 381 g/mol. The predicted molar refractivity (Wildman–Crippen MR) is 99.9 cm³/mol. The molecule has 0 N–H and O–H groups in total. The van der Waals surface area contributed by atoms with Crippen LogP contribution in [0.15, 0.2) is 18.3 Å². The second-order valence-corrected chi connectivity index (χ2v) is 8.92. The van der Waals surface area contributed by atoms with Crippen LogP contribution in [0, 0.1) is 0 Å². The number of hydrogen-bond acceptors (Lipinski definition) is 5. The maximum Gasteiger partial charge on any atom is 0.272 e. The van der Waals surface area contributed by atoms with Gasteiger partial charge < -0.3 is 9.80 Å². The van der Waals surface area contributed by atoms with Gasteiger partial charge in [0.2, 0.25) is 0 Å². The van der Waals surface area contributed by atoms with Crippen molar-refractivity contribution < 1.29 is 18.0 Å². The zero-order valence-corrected chi connectivity index (χ0v) is 16.5. The van der Waals surface area contributed by atoms with E-state index in [0.717, 1.165) is 12.8 Å². The first-order valence-corrected chi connectivity index (χ1v) is 10.8. The van der Waals surface area contributed by atoms with Crippen LogP contribution in [-0.4, -0.2) is 72.7 Å². The maximum absolute atomic E-state index is 12.7. The van der Waals surface area contributed by atoms with Crippen molar-refractivity contribution in [3.8, 4) is 0 Å². The van der Waals surface area contributed by atoms with Crippen LogP contribution < -0.4 is 0 Å². The molecule has 0 bridgehead atoms. The van der Waals surface area contributed by atoms with Gasteiger partial charge >= 0.3 is 0 Å². The molecule has 1 fully saturated rings. The second-order valence-electron chi connectivity index (χ2n) is 6.69. The lowest BCUT2D eigenvalue weighted by atomic mass is 10.1. The van der Waals surface area contributed by atoms with Crippen LogP contribution in [0.2, 0.25) is 0 Å². The summed E-state index contributed by atoms with van der Waals surface area (Å²) in [4.78, 5) is 32.7.